The molecule has 0 aliphatic rings. The van der Waals surface area contributed by atoms with E-state index in [9.17, 15) is 4.79 Å². The topological polar surface area (TPSA) is 26.3 Å². The van der Waals surface area contributed by atoms with Gasteiger partial charge in [0.2, 0.25) is 0 Å². The third kappa shape index (κ3) is 5.56. The number of halogens is 1. The fourth-order valence-corrected chi connectivity index (χ4v) is 0.754. The first-order valence-electron chi connectivity index (χ1n) is 3.33. The van der Waals surface area contributed by atoms with Crippen LogP contribution in [0.1, 0.15) is 13.8 Å². The van der Waals surface area contributed by atoms with E-state index < -0.39 is 4.32 Å². The first kappa shape index (κ1) is 11.3. The van der Waals surface area contributed by atoms with Crippen LogP contribution in [-0.2, 0) is 9.53 Å². The minimum Gasteiger partial charge on any atom is -0.464 e. The van der Waals surface area contributed by atoms with Crippen LogP contribution < -0.4 is 0 Å². The van der Waals surface area contributed by atoms with Gasteiger partial charge in [0.1, 0.15) is 10.9 Å². The van der Waals surface area contributed by atoms with Gasteiger partial charge in [-0.25, -0.2) is 0 Å². The highest BCUT2D eigenvalue weighted by molar-refractivity contribution is 9.10. The second kappa shape index (κ2) is 5.04. The second-order valence-electron chi connectivity index (χ2n) is 2.60. The van der Waals surface area contributed by atoms with Gasteiger partial charge >= 0.3 is 5.97 Å². The van der Waals surface area contributed by atoms with Gasteiger partial charge in [-0.2, -0.15) is 11.8 Å². The van der Waals surface area contributed by atoms with Crippen LogP contribution in [0.3, 0.4) is 0 Å². The predicted molar refractivity (Wildman–Crippen MR) is 52.3 cm³/mol. The molecule has 0 fully saturated rings. The van der Waals surface area contributed by atoms with E-state index in [1.807, 2.05) is 6.26 Å². The Morgan fingerprint density at radius 3 is 2.55 bits per heavy atom. The van der Waals surface area contributed by atoms with Crippen molar-refractivity contribution in [2.24, 2.45) is 0 Å². The van der Waals surface area contributed by atoms with Crippen molar-refractivity contribution in [2.75, 3.05) is 18.6 Å². The number of carbonyl (C=O) groups is 1. The van der Waals surface area contributed by atoms with Gasteiger partial charge in [-0.3, -0.25) is 4.79 Å². The lowest BCUT2D eigenvalue weighted by Crippen LogP contribution is -2.27. The first-order chi connectivity index (χ1) is 4.98. The molecule has 0 radical (unpaired) electrons. The minimum atomic E-state index is -0.550. The molecular formula is C7H13BrO2S. The van der Waals surface area contributed by atoms with Gasteiger partial charge in [0.15, 0.2) is 0 Å². The van der Waals surface area contributed by atoms with Crippen molar-refractivity contribution in [3.8, 4) is 0 Å². The van der Waals surface area contributed by atoms with Crippen molar-refractivity contribution >= 4 is 33.7 Å². The summed E-state index contributed by atoms with van der Waals surface area (Å²) in [5.41, 5.74) is 0. The third-order valence-corrected chi connectivity index (χ3v) is 1.90. The van der Waals surface area contributed by atoms with E-state index in [0.717, 1.165) is 5.75 Å². The lowest BCUT2D eigenvalue weighted by Gasteiger charge is -2.14. The molecule has 0 saturated carbocycles. The Bertz CT molecular complexity index is 131. The molecule has 0 aliphatic carbocycles. The fourth-order valence-electron chi connectivity index (χ4n) is 0.389. The number of hydrogen-bond donors (Lipinski definition) is 0. The molecule has 0 spiro atoms. The lowest BCUT2D eigenvalue weighted by atomic mass is 10.2. The fraction of sp³-hybridized carbons (Fsp3) is 0.857. The molecular weight excluding hydrogens is 228 g/mol. The highest BCUT2D eigenvalue weighted by Crippen LogP contribution is 2.17. The molecule has 0 atom stereocenters. The normalized spacial score (nSPS) is 11.3. The number of hydrogen-bond acceptors (Lipinski definition) is 3. The molecule has 4 heteroatoms. The van der Waals surface area contributed by atoms with Crippen LogP contribution in [0.25, 0.3) is 0 Å². The molecule has 11 heavy (non-hydrogen) atoms. The highest BCUT2D eigenvalue weighted by atomic mass is 79.9. The number of rotatable bonds is 4. The lowest BCUT2D eigenvalue weighted by molar-refractivity contribution is -0.144. The van der Waals surface area contributed by atoms with Crippen LogP contribution in [0.5, 0.6) is 0 Å². The van der Waals surface area contributed by atoms with Gasteiger partial charge in [-0.1, -0.05) is 15.9 Å². The van der Waals surface area contributed by atoms with Gasteiger partial charge in [0.25, 0.3) is 0 Å². The van der Waals surface area contributed by atoms with Crippen molar-refractivity contribution < 1.29 is 9.53 Å². The molecule has 0 N–H and O–H groups in total. The van der Waals surface area contributed by atoms with Gasteiger partial charge < -0.3 is 4.74 Å². The maximum atomic E-state index is 11.1. The summed E-state index contributed by atoms with van der Waals surface area (Å²) in [7, 11) is 0. The van der Waals surface area contributed by atoms with E-state index in [0.29, 0.717) is 6.61 Å². The predicted octanol–water partition coefficient (Wildman–Crippen LogP) is 2.07. The van der Waals surface area contributed by atoms with E-state index >= 15 is 0 Å². The molecule has 0 amide bonds. The molecule has 0 rings (SSSR count). The van der Waals surface area contributed by atoms with Crippen molar-refractivity contribution in [3.05, 3.63) is 0 Å². The summed E-state index contributed by atoms with van der Waals surface area (Å²) in [6, 6.07) is 0. The Balaban J connectivity index is 3.54. The molecule has 0 aliphatic heterocycles. The molecule has 0 aromatic carbocycles. The summed E-state index contributed by atoms with van der Waals surface area (Å²) < 4.78 is 4.39. The van der Waals surface area contributed by atoms with Crippen LogP contribution in [0, 0.1) is 0 Å². The van der Waals surface area contributed by atoms with Gasteiger partial charge in [-0.15, -0.1) is 0 Å². The van der Waals surface area contributed by atoms with Crippen LogP contribution >= 0.6 is 27.7 Å². The van der Waals surface area contributed by atoms with Crippen molar-refractivity contribution in [2.45, 2.75) is 18.2 Å². The SMILES string of the molecule is CSCCOC(=O)C(C)(C)Br. The smallest absolute Gasteiger partial charge is 0.322 e. The number of alkyl halides is 1. The maximum Gasteiger partial charge on any atom is 0.322 e. The van der Waals surface area contributed by atoms with Crippen LogP contribution in [0.15, 0.2) is 0 Å². The van der Waals surface area contributed by atoms with Crippen molar-refractivity contribution in [1.82, 2.24) is 0 Å². The van der Waals surface area contributed by atoms with E-state index in [-0.39, 0.29) is 5.97 Å². The average molecular weight is 241 g/mol. The molecule has 0 saturated heterocycles. The van der Waals surface area contributed by atoms with Gasteiger partial charge in [0, 0.05) is 5.75 Å². The molecule has 0 aromatic rings. The Kier molecular flexibility index (Phi) is 5.17. The molecule has 2 nitrogen and oxygen atoms in total. The summed E-state index contributed by atoms with van der Waals surface area (Å²) in [6.45, 7) is 4.04. The first-order valence-corrected chi connectivity index (χ1v) is 5.52. The zero-order valence-electron chi connectivity index (χ0n) is 7.02. The number of carbonyl (C=O) groups excluding carboxylic acids is 1. The monoisotopic (exact) mass is 240 g/mol. The Morgan fingerprint density at radius 2 is 2.18 bits per heavy atom. The summed E-state index contributed by atoms with van der Waals surface area (Å²) in [6.07, 6.45) is 1.98. The van der Waals surface area contributed by atoms with E-state index in [1.54, 1.807) is 25.6 Å². The Hall–Kier alpha value is 0.300. The largest absolute Gasteiger partial charge is 0.464 e. The summed E-state index contributed by atoms with van der Waals surface area (Å²) in [5, 5.41) is 0. The Morgan fingerprint density at radius 1 is 1.64 bits per heavy atom. The Labute approximate surface area is 80.2 Å². The maximum absolute atomic E-state index is 11.1. The highest BCUT2D eigenvalue weighted by Gasteiger charge is 2.24. The van der Waals surface area contributed by atoms with Crippen LogP contribution in [0.4, 0.5) is 0 Å². The van der Waals surface area contributed by atoms with E-state index in [4.69, 9.17) is 4.74 Å². The summed E-state index contributed by atoms with van der Waals surface area (Å²) >= 11 is 4.88. The quantitative estimate of drug-likeness (QED) is 0.428. The zero-order valence-corrected chi connectivity index (χ0v) is 9.42. The third-order valence-electron chi connectivity index (χ3n) is 1.01. The standard InChI is InChI=1S/C7H13BrO2S/c1-7(2,8)6(9)10-4-5-11-3/h4-5H2,1-3H3. The number of ether oxygens (including phenoxy) is 1. The molecule has 0 unspecified atom stereocenters. The summed E-state index contributed by atoms with van der Waals surface area (Å²) in [4.78, 5) is 11.1. The van der Waals surface area contributed by atoms with E-state index in [2.05, 4.69) is 15.9 Å². The van der Waals surface area contributed by atoms with Gasteiger partial charge in [0.05, 0.1) is 0 Å². The number of esters is 1. The molecule has 66 valence electrons. The van der Waals surface area contributed by atoms with E-state index in [1.165, 1.54) is 0 Å². The van der Waals surface area contributed by atoms with Gasteiger partial charge in [-0.05, 0) is 20.1 Å². The molecule has 0 aromatic heterocycles. The van der Waals surface area contributed by atoms with Crippen molar-refractivity contribution in [3.63, 3.8) is 0 Å². The van der Waals surface area contributed by atoms with Crippen molar-refractivity contribution in [1.29, 1.82) is 0 Å². The average Bonchev–Trinajstić information content (AvgIpc) is 1.86. The number of thioether (sulfide) groups is 1. The molecule has 0 bridgehead atoms. The summed E-state index contributed by atoms with van der Waals surface area (Å²) in [5.74, 6) is 0.654. The van der Waals surface area contributed by atoms with Crippen LogP contribution in [-0.4, -0.2) is 28.9 Å². The second-order valence-corrected chi connectivity index (χ2v) is 5.57. The van der Waals surface area contributed by atoms with Crippen LogP contribution in [0.2, 0.25) is 0 Å². The zero-order chi connectivity index (χ0) is 8.91. The minimum absolute atomic E-state index is 0.202. The molecule has 0 heterocycles.